The van der Waals surface area contributed by atoms with E-state index in [2.05, 4.69) is 16.9 Å². The lowest BCUT2D eigenvalue weighted by atomic mass is 10.2. The number of unbranched alkanes of at least 4 members (excludes halogenated alkanes) is 1. The predicted octanol–water partition coefficient (Wildman–Crippen LogP) is 1.72. The number of hydrogen-bond donors (Lipinski definition) is 1. The molecule has 0 saturated heterocycles. The highest BCUT2D eigenvalue weighted by molar-refractivity contribution is 4.98. The molecule has 0 aliphatic carbocycles. The van der Waals surface area contributed by atoms with Crippen LogP contribution in [-0.2, 0) is 4.74 Å². The molecule has 0 spiro atoms. The van der Waals surface area contributed by atoms with E-state index < -0.39 is 6.10 Å². The molecular formula is C11H18N2O2. The van der Waals surface area contributed by atoms with Crippen LogP contribution in [0.4, 0.5) is 0 Å². The molecule has 1 rings (SSSR count). The molecule has 1 aromatic heterocycles. The van der Waals surface area contributed by atoms with E-state index in [0.29, 0.717) is 18.7 Å². The van der Waals surface area contributed by atoms with E-state index in [0.717, 1.165) is 19.4 Å². The number of ether oxygens (including phenoxy) is 1. The molecular weight excluding hydrogens is 192 g/mol. The molecule has 1 atom stereocenters. The lowest BCUT2D eigenvalue weighted by molar-refractivity contribution is 0.0785. The molecule has 0 radical (unpaired) electrons. The zero-order valence-corrected chi connectivity index (χ0v) is 9.09. The normalized spacial score (nSPS) is 12.7. The van der Waals surface area contributed by atoms with Crippen molar-refractivity contribution in [2.75, 3.05) is 13.2 Å². The van der Waals surface area contributed by atoms with Gasteiger partial charge in [0.15, 0.2) is 0 Å². The van der Waals surface area contributed by atoms with Crippen LogP contribution in [0, 0.1) is 0 Å². The Labute approximate surface area is 90.3 Å². The summed E-state index contributed by atoms with van der Waals surface area (Å²) in [5, 5.41) is 9.69. The quantitative estimate of drug-likeness (QED) is 0.696. The van der Waals surface area contributed by atoms with Crippen molar-refractivity contribution in [1.82, 2.24) is 9.97 Å². The molecule has 1 heterocycles. The first kappa shape index (κ1) is 12.1. The van der Waals surface area contributed by atoms with Gasteiger partial charge >= 0.3 is 0 Å². The van der Waals surface area contributed by atoms with Crippen LogP contribution in [0.2, 0.25) is 0 Å². The Kier molecular flexibility index (Phi) is 5.88. The van der Waals surface area contributed by atoms with Crippen LogP contribution < -0.4 is 0 Å². The van der Waals surface area contributed by atoms with E-state index >= 15 is 0 Å². The standard InChI is InChI=1S/C11H18N2O2/c1-2-3-7-15-8-4-11(14)10-9-12-5-6-13-10/h5-6,9,11,14H,2-4,7-8H2,1H3. The molecule has 1 N–H and O–H groups in total. The first-order chi connectivity index (χ1) is 7.34. The number of hydrogen-bond acceptors (Lipinski definition) is 4. The number of nitrogens with zero attached hydrogens (tertiary/aromatic N) is 2. The molecule has 4 nitrogen and oxygen atoms in total. The Morgan fingerprint density at radius 3 is 2.93 bits per heavy atom. The minimum absolute atomic E-state index is 0.567. The molecule has 4 heteroatoms. The molecule has 0 aliphatic rings. The van der Waals surface area contributed by atoms with E-state index in [9.17, 15) is 5.11 Å². The van der Waals surface area contributed by atoms with Gasteiger partial charge in [-0.15, -0.1) is 0 Å². The van der Waals surface area contributed by atoms with Crippen LogP contribution >= 0.6 is 0 Å². The van der Waals surface area contributed by atoms with E-state index in [1.54, 1.807) is 18.6 Å². The van der Waals surface area contributed by atoms with Gasteiger partial charge in [-0.2, -0.15) is 0 Å². The first-order valence-corrected chi connectivity index (χ1v) is 5.36. The van der Waals surface area contributed by atoms with Crippen molar-refractivity contribution >= 4 is 0 Å². The van der Waals surface area contributed by atoms with Gasteiger partial charge in [0.05, 0.1) is 18.0 Å². The van der Waals surface area contributed by atoms with Crippen molar-refractivity contribution in [2.45, 2.75) is 32.3 Å². The van der Waals surface area contributed by atoms with Gasteiger partial charge in [-0.3, -0.25) is 9.97 Å². The molecule has 1 unspecified atom stereocenters. The smallest absolute Gasteiger partial charge is 0.0997 e. The van der Waals surface area contributed by atoms with Gasteiger partial charge in [0.2, 0.25) is 0 Å². The largest absolute Gasteiger partial charge is 0.387 e. The topological polar surface area (TPSA) is 55.2 Å². The summed E-state index contributed by atoms with van der Waals surface area (Å²) in [5.74, 6) is 0. The Balaban J connectivity index is 2.16. The molecule has 15 heavy (non-hydrogen) atoms. The highest BCUT2D eigenvalue weighted by Crippen LogP contribution is 2.11. The Bertz CT molecular complexity index is 254. The van der Waals surface area contributed by atoms with Crippen LogP contribution in [0.25, 0.3) is 0 Å². The van der Waals surface area contributed by atoms with Crippen LogP contribution in [0.3, 0.4) is 0 Å². The fourth-order valence-corrected chi connectivity index (χ4v) is 1.17. The fourth-order valence-electron chi connectivity index (χ4n) is 1.17. The van der Waals surface area contributed by atoms with E-state index in [1.807, 2.05) is 0 Å². The second-order valence-corrected chi connectivity index (χ2v) is 3.40. The highest BCUT2D eigenvalue weighted by atomic mass is 16.5. The summed E-state index contributed by atoms with van der Waals surface area (Å²) >= 11 is 0. The SMILES string of the molecule is CCCCOCCC(O)c1cnccn1. The first-order valence-electron chi connectivity index (χ1n) is 5.36. The van der Waals surface area contributed by atoms with Gasteiger partial charge in [0.25, 0.3) is 0 Å². The zero-order valence-electron chi connectivity index (χ0n) is 9.09. The number of rotatable bonds is 7. The summed E-state index contributed by atoms with van der Waals surface area (Å²) in [6.07, 6.45) is 6.96. The Morgan fingerprint density at radius 1 is 1.40 bits per heavy atom. The van der Waals surface area contributed by atoms with Crippen molar-refractivity contribution in [1.29, 1.82) is 0 Å². The molecule has 0 amide bonds. The van der Waals surface area contributed by atoms with Crippen molar-refractivity contribution in [3.63, 3.8) is 0 Å². The maximum absolute atomic E-state index is 9.69. The maximum atomic E-state index is 9.69. The summed E-state index contributed by atoms with van der Waals surface area (Å²) in [5.41, 5.74) is 0.608. The zero-order chi connectivity index (χ0) is 10.9. The van der Waals surface area contributed by atoms with Crippen molar-refractivity contribution in [2.24, 2.45) is 0 Å². The Morgan fingerprint density at radius 2 is 2.27 bits per heavy atom. The van der Waals surface area contributed by atoms with Crippen LogP contribution in [0.1, 0.15) is 38.0 Å². The molecule has 0 aliphatic heterocycles. The fraction of sp³-hybridized carbons (Fsp3) is 0.636. The lowest BCUT2D eigenvalue weighted by Gasteiger charge is -2.09. The summed E-state index contributed by atoms with van der Waals surface area (Å²) in [4.78, 5) is 7.93. The van der Waals surface area contributed by atoms with Gasteiger partial charge in [-0.25, -0.2) is 0 Å². The van der Waals surface area contributed by atoms with Crippen LogP contribution in [-0.4, -0.2) is 28.3 Å². The van der Waals surface area contributed by atoms with Crippen molar-refractivity contribution < 1.29 is 9.84 Å². The monoisotopic (exact) mass is 210 g/mol. The third-order valence-electron chi connectivity index (χ3n) is 2.10. The summed E-state index contributed by atoms with van der Waals surface area (Å²) < 4.78 is 5.36. The van der Waals surface area contributed by atoms with Crippen molar-refractivity contribution in [3.8, 4) is 0 Å². The second-order valence-electron chi connectivity index (χ2n) is 3.40. The van der Waals surface area contributed by atoms with Gasteiger partial charge in [0.1, 0.15) is 0 Å². The third kappa shape index (κ3) is 4.85. The van der Waals surface area contributed by atoms with E-state index in [4.69, 9.17) is 4.74 Å². The summed E-state index contributed by atoms with van der Waals surface area (Å²) in [6, 6.07) is 0. The highest BCUT2D eigenvalue weighted by Gasteiger charge is 2.07. The molecule has 1 aromatic rings. The van der Waals surface area contributed by atoms with Crippen LogP contribution in [0.15, 0.2) is 18.6 Å². The molecule has 84 valence electrons. The molecule has 0 saturated carbocycles. The minimum Gasteiger partial charge on any atom is -0.387 e. The lowest BCUT2D eigenvalue weighted by Crippen LogP contribution is -2.06. The molecule has 0 fully saturated rings. The average molecular weight is 210 g/mol. The van der Waals surface area contributed by atoms with Gasteiger partial charge < -0.3 is 9.84 Å². The molecule has 0 bridgehead atoms. The van der Waals surface area contributed by atoms with Gasteiger partial charge in [-0.05, 0) is 6.42 Å². The third-order valence-corrected chi connectivity index (χ3v) is 2.10. The number of aliphatic hydroxyl groups excluding tert-OH is 1. The summed E-state index contributed by atoms with van der Waals surface area (Å²) in [6.45, 7) is 3.46. The summed E-state index contributed by atoms with van der Waals surface area (Å²) in [7, 11) is 0. The predicted molar refractivity (Wildman–Crippen MR) is 57.3 cm³/mol. The molecule has 0 aromatic carbocycles. The minimum atomic E-state index is -0.569. The second kappa shape index (κ2) is 7.31. The maximum Gasteiger partial charge on any atom is 0.0997 e. The van der Waals surface area contributed by atoms with Gasteiger partial charge in [0, 0.05) is 32.0 Å². The number of aromatic nitrogens is 2. The van der Waals surface area contributed by atoms with Crippen LogP contribution in [0.5, 0.6) is 0 Å². The van der Waals surface area contributed by atoms with Crippen molar-refractivity contribution in [3.05, 3.63) is 24.3 Å². The average Bonchev–Trinajstić information content (AvgIpc) is 2.30. The van der Waals surface area contributed by atoms with Gasteiger partial charge in [-0.1, -0.05) is 13.3 Å². The Hall–Kier alpha value is -1.00. The number of aliphatic hydroxyl groups is 1. The van der Waals surface area contributed by atoms with E-state index in [-0.39, 0.29) is 0 Å². The van der Waals surface area contributed by atoms with E-state index in [1.165, 1.54) is 0 Å².